The molecular formula is C14H19N5O2. The van der Waals surface area contributed by atoms with Gasteiger partial charge in [0.25, 0.3) is 0 Å². The predicted molar refractivity (Wildman–Crippen MR) is 78.7 cm³/mol. The molecule has 7 nitrogen and oxygen atoms in total. The van der Waals surface area contributed by atoms with E-state index >= 15 is 0 Å². The maximum absolute atomic E-state index is 11.8. The molecule has 1 aromatic carbocycles. The fourth-order valence-corrected chi connectivity index (χ4v) is 1.88. The molecule has 1 heterocycles. The van der Waals surface area contributed by atoms with Crippen LogP contribution in [0.25, 0.3) is 0 Å². The Morgan fingerprint density at radius 1 is 1.43 bits per heavy atom. The summed E-state index contributed by atoms with van der Waals surface area (Å²) in [6.45, 7) is 0.966. The van der Waals surface area contributed by atoms with Crippen molar-refractivity contribution in [3.63, 3.8) is 0 Å². The number of carbonyl (C=O) groups excluding carboxylic acids is 1. The van der Waals surface area contributed by atoms with E-state index < -0.39 is 0 Å². The lowest BCUT2D eigenvalue weighted by atomic mass is 10.2. The highest BCUT2D eigenvalue weighted by atomic mass is 16.5. The van der Waals surface area contributed by atoms with Crippen molar-refractivity contribution >= 4 is 11.6 Å². The first-order chi connectivity index (χ1) is 10.2. The summed E-state index contributed by atoms with van der Waals surface area (Å²) in [6, 6.07) is 7.59. The largest absolute Gasteiger partial charge is 0.380 e. The van der Waals surface area contributed by atoms with Crippen LogP contribution in [0.3, 0.4) is 0 Å². The molecule has 112 valence electrons. The third kappa shape index (κ3) is 4.66. The number of anilines is 1. The van der Waals surface area contributed by atoms with E-state index in [-0.39, 0.29) is 18.4 Å². The van der Waals surface area contributed by atoms with Crippen molar-refractivity contribution in [1.82, 2.24) is 14.8 Å². The summed E-state index contributed by atoms with van der Waals surface area (Å²) in [7, 11) is 1.55. The summed E-state index contributed by atoms with van der Waals surface area (Å²) in [6.07, 6.45) is 3.15. The number of carbonyl (C=O) groups is 1. The van der Waals surface area contributed by atoms with Crippen LogP contribution in [0.4, 0.5) is 5.69 Å². The van der Waals surface area contributed by atoms with Gasteiger partial charge in [-0.15, -0.1) is 0 Å². The molecule has 0 spiro atoms. The monoisotopic (exact) mass is 289 g/mol. The lowest BCUT2D eigenvalue weighted by molar-refractivity contribution is -0.118. The zero-order chi connectivity index (χ0) is 15.1. The second-order valence-electron chi connectivity index (χ2n) is 4.64. The van der Waals surface area contributed by atoms with E-state index in [4.69, 9.17) is 10.5 Å². The van der Waals surface area contributed by atoms with Crippen LogP contribution >= 0.6 is 0 Å². The lowest BCUT2D eigenvalue weighted by Gasteiger charge is -2.12. The standard InChI is InChI=1S/C14H19N5O2/c1-21-13(7-15)6-14(20)18-12-4-2-11(3-5-12)8-19-10-16-9-17-19/h2-5,9-10,13H,6-8,15H2,1H3,(H,18,20). The third-order valence-electron chi connectivity index (χ3n) is 3.06. The first-order valence-electron chi connectivity index (χ1n) is 6.65. The Kier molecular flexibility index (Phi) is 5.42. The van der Waals surface area contributed by atoms with E-state index in [1.165, 1.54) is 6.33 Å². The van der Waals surface area contributed by atoms with Gasteiger partial charge < -0.3 is 15.8 Å². The quantitative estimate of drug-likeness (QED) is 0.779. The van der Waals surface area contributed by atoms with Crippen molar-refractivity contribution in [3.05, 3.63) is 42.5 Å². The van der Waals surface area contributed by atoms with Crippen LogP contribution in [0, 0.1) is 0 Å². The van der Waals surface area contributed by atoms with Crippen LogP contribution in [0.1, 0.15) is 12.0 Å². The van der Waals surface area contributed by atoms with E-state index in [9.17, 15) is 4.79 Å². The Labute approximate surface area is 123 Å². The topological polar surface area (TPSA) is 95.1 Å². The van der Waals surface area contributed by atoms with Gasteiger partial charge in [-0.1, -0.05) is 12.1 Å². The molecular weight excluding hydrogens is 270 g/mol. The van der Waals surface area contributed by atoms with Crippen LogP contribution < -0.4 is 11.1 Å². The minimum atomic E-state index is -0.253. The summed E-state index contributed by atoms with van der Waals surface area (Å²) in [5.74, 6) is -0.115. The Hall–Kier alpha value is -2.25. The van der Waals surface area contributed by atoms with Gasteiger partial charge in [-0.2, -0.15) is 5.10 Å². The minimum absolute atomic E-state index is 0.115. The molecule has 1 atom stereocenters. The van der Waals surface area contributed by atoms with E-state index in [0.29, 0.717) is 13.1 Å². The molecule has 2 rings (SSSR count). The van der Waals surface area contributed by atoms with Crippen molar-refractivity contribution in [2.75, 3.05) is 19.0 Å². The van der Waals surface area contributed by atoms with Gasteiger partial charge >= 0.3 is 0 Å². The number of nitrogens with one attached hydrogen (secondary N) is 1. The van der Waals surface area contributed by atoms with Gasteiger partial charge in [-0.25, -0.2) is 9.67 Å². The van der Waals surface area contributed by atoms with Crippen molar-refractivity contribution < 1.29 is 9.53 Å². The molecule has 0 saturated heterocycles. The van der Waals surface area contributed by atoms with Gasteiger partial charge in [0.2, 0.25) is 5.91 Å². The number of rotatable bonds is 7. The van der Waals surface area contributed by atoms with Crippen LogP contribution in [-0.2, 0) is 16.1 Å². The van der Waals surface area contributed by atoms with Gasteiger partial charge in [0.05, 0.1) is 19.1 Å². The second kappa shape index (κ2) is 7.51. The molecule has 0 fully saturated rings. The van der Waals surface area contributed by atoms with E-state index in [1.54, 1.807) is 18.1 Å². The molecule has 3 N–H and O–H groups in total. The second-order valence-corrected chi connectivity index (χ2v) is 4.64. The molecule has 1 aromatic heterocycles. The Morgan fingerprint density at radius 3 is 2.76 bits per heavy atom. The number of aromatic nitrogens is 3. The number of amides is 1. The lowest BCUT2D eigenvalue weighted by Crippen LogP contribution is -2.28. The number of ether oxygens (including phenoxy) is 1. The molecule has 21 heavy (non-hydrogen) atoms. The molecule has 0 aliphatic rings. The Morgan fingerprint density at radius 2 is 2.19 bits per heavy atom. The van der Waals surface area contributed by atoms with Gasteiger partial charge in [0, 0.05) is 19.3 Å². The summed E-state index contributed by atoms with van der Waals surface area (Å²) in [5, 5.41) is 6.86. The summed E-state index contributed by atoms with van der Waals surface area (Å²) in [5.41, 5.74) is 7.31. The SMILES string of the molecule is COC(CN)CC(=O)Nc1ccc(Cn2cncn2)cc1. The zero-order valence-corrected chi connectivity index (χ0v) is 11.9. The molecule has 7 heteroatoms. The van der Waals surface area contributed by atoms with Crippen LogP contribution in [0.2, 0.25) is 0 Å². The molecule has 1 unspecified atom stereocenters. The van der Waals surface area contributed by atoms with Gasteiger partial charge in [0.1, 0.15) is 12.7 Å². The number of hydrogen-bond acceptors (Lipinski definition) is 5. The fourth-order valence-electron chi connectivity index (χ4n) is 1.88. The molecule has 0 radical (unpaired) electrons. The molecule has 0 aliphatic carbocycles. The number of benzene rings is 1. The first-order valence-corrected chi connectivity index (χ1v) is 6.65. The molecule has 0 bridgehead atoms. The third-order valence-corrected chi connectivity index (χ3v) is 3.06. The average molecular weight is 289 g/mol. The predicted octanol–water partition coefficient (Wildman–Crippen LogP) is 0.629. The number of nitrogens with zero attached hydrogens (tertiary/aromatic N) is 3. The van der Waals surface area contributed by atoms with Gasteiger partial charge in [-0.05, 0) is 17.7 Å². The molecule has 1 amide bonds. The van der Waals surface area contributed by atoms with Crippen LogP contribution in [-0.4, -0.2) is 40.4 Å². The van der Waals surface area contributed by atoms with Crippen molar-refractivity contribution in [2.24, 2.45) is 5.73 Å². The highest BCUT2D eigenvalue weighted by molar-refractivity contribution is 5.91. The number of methoxy groups -OCH3 is 1. The summed E-state index contributed by atoms with van der Waals surface area (Å²) >= 11 is 0. The summed E-state index contributed by atoms with van der Waals surface area (Å²) < 4.78 is 6.82. The highest BCUT2D eigenvalue weighted by Crippen LogP contribution is 2.11. The first kappa shape index (κ1) is 15.1. The minimum Gasteiger partial charge on any atom is -0.380 e. The smallest absolute Gasteiger partial charge is 0.227 e. The van der Waals surface area contributed by atoms with Crippen molar-refractivity contribution in [3.8, 4) is 0 Å². The van der Waals surface area contributed by atoms with E-state index in [0.717, 1.165) is 11.3 Å². The maximum atomic E-state index is 11.8. The van der Waals surface area contributed by atoms with Crippen molar-refractivity contribution in [1.29, 1.82) is 0 Å². The Balaban J connectivity index is 1.88. The van der Waals surface area contributed by atoms with Crippen LogP contribution in [0.5, 0.6) is 0 Å². The van der Waals surface area contributed by atoms with Gasteiger partial charge in [-0.3, -0.25) is 4.79 Å². The van der Waals surface area contributed by atoms with E-state index in [1.807, 2.05) is 24.3 Å². The fraction of sp³-hybridized carbons (Fsp3) is 0.357. The van der Waals surface area contributed by atoms with Crippen LogP contribution in [0.15, 0.2) is 36.9 Å². The van der Waals surface area contributed by atoms with Crippen molar-refractivity contribution in [2.45, 2.75) is 19.1 Å². The number of nitrogens with two attached hydrogens (primary N) is 1. The molecule has 2 aromatic rings. The maximum Gasteiger partial charge on any atom is 0.227 e. The normalized spacial score (nSPS) is 12.1. The summed E-state index contributed by atoms with van der Waals surface area (Å²) in [4.78, 5) is 15.7. The van der Waals surface area contributed by atoms with E-state index in [2.05, 4.69) is 15.4 Å². The Bertz CT molecular complexity index is 549. The average Bonchev–Trinajstić information content (AvgIpc) is 3.00. The molecule has 0 aliphatic heterocycles. The number of hydrogen-bond donors (Lipinski definition) is 2. The molecule has 0 saturated carbocycles. The zero-order valence-electron chi connectivity index (χ0n) is 11.9. The highest BCUT2D eigenvalue weighted by Gasteiger charge is 2.11. The van der Waals surface area contributed by atoms with Gasteiger partial charge in [0.15, 0.2) is 0 Å².